The molecule has 0 bridgehead atoms. The van der Waals surface area contributed by atoms with Crippen molar-refractivity contribution in [3.63, 3.8) is 0 Å². The van der Waals surface area contributed by atoms with Crippen LogP contribution < -0.4 is 0 Å². The number of unbranched alkanes of at least 4 members (excludes halogenated alkanes) is 1. The quantitative estimate of drug-likeness (QED) is 0.410. The zero-order chi connectivity index (χ0) is 29.4. The van der Waals surface area contributed by atoms with Crippen LogP contribution in [0.4, 0.5) is 4.79 Å². The van der Waals surface area contributed by atoms with Crippen LogP contribution in [0.25, 0.3) is 5.69 Å². The first-order chi connectivity index (χ1) is 19.8. The molecule has 2 aliphatic rings. The zero-order valence-corrected chi connectivity index (χ0v) is 24.6. The lowest BCUT2D eigenvalue weighted by molar-refractivity contribution is -0.138. The van der Waals surface area contributed by atoms with Gasteiger partial charge in [0.25, 0.3) is 5.91 Å². The van der Waals surface area contributed by atoms with Gasteiger partial charge in [0.05, 0.1) is 23.3 Å². The first kappa shape index (κ1) is 30.5. The molecule has 0 spiro atoms. The van der Waals surface area contributed by atoms with E-state index in [9.17, 15) is 19.5 Å². The number of benzene rings is 1. The van der Waals surface area contributed by atoms with E-state index in [4.69, 9.17) is 4.74 Å². The highest BCUT2D eigenvalue weighted by atomic mass is 16.5. The van der Waals surface area contributed by atoms with E-state index in [1.54, 1.807) is 16.7 Å². The summed E-state index contributed by atoms with van der Waals surface area (Å²) in [6, 6.07) is 9.16. The van der Waals surface area contributed by atoms with Gasteiger partial charge in [0, 0.05) is 46.4 Å². The molecule has 224 valence electrons. The lowest BCUT2D eigenvalue weighted by Gasteiger charge is -2.43. The van der Waals surface area contributed by atoms with Gasteiger partial charge in [-0.2, -0.15) is 0 Å². The summed E-state index contributed by atoms with van der Waals surface area (Å²) in [4.78, 5) is 44.9. The highest BCUT2D eigenvalue weighted by molar-refractivity contribution is 5.94. The SMILES string of the molecule is COCCCCc1c(C(=O)N(CC(C)C)[C@H]2C[C@@H](C(=O)N3CCCCC3)CN(C(=O)O)C2)nnn1-c1ccccc1. The second kappa shape index (κ2) is 14.4. The number of hydrogen-bond donors (Lipinski definition) is 1. The van der Waals surface area contributed by atoms with E-state index in [1.165, 1.54) is 4.90 Å². The van der Waals surface area contributed by atoms with Gasteiger partial charge in [0.2, 0.25) is 5.91 Å². The van der Waals surface area contributed by atoms with Gasteiger partial charge in [0.1, 0.15) is 0 Å². The minimum Gasteiger partial charge on any atom is -0.465 e. The van der Waals surface area contributed by atoms with Crippen molar-refractivity contribution >= 4 is 17.9 Å². The van der Waals surface area contributed by atoms with Crippen LogP contribution in [0.5, 0.6) is 0 Å². The van der Waals surface area contributed by atoms with E-state index in [-0.39, 0.29) is 36.5 Å². The Kier molecular flexibility index (Phi) is 10.7. The number of aromatic nitrogens is 3. The second-order valence-electron chi connectivity index (χ2n) is 11.6. The van der Waals surface area contributed by atoms with Crippen molar-refractivity contribution in [1.29, 1.82) is 0 Å². The number of piperidine rings is 2. The minimum absolute atomic E-state index is 0.00792. The Balaban J connectivity index is 1.65. The van der Waals surface area contributed by atoms with Crippen molar-refractivity contribution in [2.75, 3.05) is 46.4 Å². The molecule has 2 aromatic rings. The van der Waals surface area contributed by atoms with Gasteiger partial charge in [-0.1, -0.05) is 37.3 Å². The Morgan fingerprint density at radius 1 is 1.05 bits per heavy atom. The topological polar surface area (TPSA) is 121 Å². The molecule has 1 aromatic heterocycles. The first-order valence-corrected chi connectivity index (χ1v) is 14.9. The third-order valence-electron chi connectivity index (χ3n) is 7.96. The highest BCUT2D eigenvalue weighted by Gasteiger charge is 2.41. The van der Waals surface area contributed by atoms with Gasteiger partial charge in [0.15, 0.2) is 5.69 Å². The van der Waals surface area contributed by atoms with Crippen molar-refractivity contribution in [2.24, 2.45) is 11.8 Å². The predicted octanol–water partition coefficient (Wildman–Crippen LogP) is 3.72. The van der Waals surface area contributed by atoms with Gasteiger partial charge >= 0.3 is 6.09 Å². The van der Waals surface area contributed by atoms with Crippen LogP contribution in [-0.4, -0.2) is 105 Å². The van der Waals surface area contributed by atoms with Crippen LogP contribution >= 0.6 is 0 Å². The lowest BCUT2D eigenvalue weighted by Crippen LogP contribution is -2.57. The number of para-hydroxylation sites is 1. The molecule has 2 saturated heterocycles. The molecule has 1 aromatic carbocycles. The standard InChI is InChI=1S/C30H44N6O5/c1-22(2)19-35(25-18-23(20-34(21-25)30(39)40)28(37)33-15-9-5-10-16-33)29(38)27-26(14-8-11-17-41-3)36(32-31-27)24-12-6-4-7-13-24/h4,6-7,12-13,22-23,25H,5,8-11,14-21H2,1-3H3,(H,39,40)/t23-,25+/m1/s1. The van der Waals surface area contributed by atoms with Crippen LogP contribution in [0.3, 0.4) is 0 Å². The fraction of sp³-hybridized carbons (Fsp3) is 0.633. The Bertz CT molecular complexity index is 1160. The van der Waals surface area contributed by atoms with Gasteiger partial charge in [-0.05, 0) is 63.0 Å². The smallest absolute Gasteiger partial charge is 0.407 e. The molecule has 2 fully saturated rings. The second-order valence-corrected chi connectivity index (χ2v) is 11.6. The third-order valence-corrected chi connectivity index (χ3v) is 7.96. The number of nitrogens with zero attached hydrogens (tertiary/aromatic N) is 6. The molecule has 0 radical (unpaired) electrons. The summed E-state index contributed by atoms with van der Waals surface area (Å²) in [6.45, 7) is 6.82. The molecular formula is C30H44N6O5. The number of likely N-dealkylation sites (tertiary alicyclic amines) is 2. The lowest BCUT2D eigenvalue weighted by atomic mass is 9.90. The predicted molar refractivity (Wildman–Crippen MR) is 154 cm³/mol. The van der Waals surface area contributed by atoms with E-state index >= 15 is 0 Å². The average Bonchev–Trinajstić information content (AvgIpc) is 3.41. The van der Waals surface area contributed by atoms with Crippen molar-refractivity contribution < 1.29 is 24.2 Å². The summed E-state index contributed by atoms with van der Waals surface area (Å²) in [7, 11) is 1.67. The summed E-state index contributed by atoms with van der Waals surface area (Å²) in [5.41, 5.74) is 1.81. The van der Waals surface area contributed by atoms with E-state index in [0.717, 1.165) is 43.5 Å². The summed E-state index contributed by atoms with van der Waals surface area (Å²) < 4.78 is 6.94. The van der Waals surface area contributed by atoms with E-state index in [2.05, 4.69) is 10.3 Å². The number of carbonyl (C=O) groups is 3. The summed E-state index contributed by atoms with van der Waals surface area (Å²) in [6.07, 6.45) is 4.60. The highest BCUT2D eigenvalue weighted by Crippen LogP contribution is 2.27. The molecule has 11 nitrogen and oxygen atoms in total. The number of carboxylic acid groups (broad SMARTS) is 1. The van der Waals surface area contributed by atoms with Crippen LogP contribution in [-0.2, 0) is 16.0 Å². The fourth-order valence-electron chi connectivity index (χ4n) is 5.94. The van der Waals surface area contributed by atoms with E-state index in [0.29, 0.717) is 39.1 Å². The molecule has 4 rings (SSSR count). The van der Waals surface area contributed by atoms with Crippen molar-refractivity contribution in [1.82, 2.24) is 29.7 Å². The molecular weight excluding hydrogens is 524 g/mol. The molecule has 0 saturated carbocycles. The molecule has 11 heteroatoms. The molecule has 2 atom stereocenters. The number of rotatable bonds is 11. The molecule has 1 N–H and O–H groups in total. The molecule has 2 aliphatic heterocycles. The normalized spacial score (nSPS) is 19.4. The molecule has 41 heavy (non-hydrogen) atoms. The average molecular weight is 569 g/mol. The van der Waals surface area contributed by atoms with Crippen LogP contribution in [0.15, 0.2) is 30.3 Å². The van der Waals surface area contributed by atoms with Crippen LogP contribution in [0, 0.1) is 11.8 Å². The Morgan fingerprint density at radius 2 is 1.78 bits per heavy atom. The molecule has 3 heterocycles. The minimum atomic E-state index is -1.07. The summed E-state index contributed by atoms with van der Waals surface area (Å²) in [5.74, 6) is -0.640. The molecule has 0 aliphatic carbocycles. The number of methoxy groups -OCH3 is 1. The molecule has 3 amide bonds. The maximum absolute atomic E-state index is 14.3. The van der Waals surface area contributed by atoms with Gasteiger partial charge < -0.3 is 24.5 Å². The first-order valence-electron chi connectivity index (χ1n) is 14.9. The fourth-order valence-corrected chi connectivity index (χ4v) is 5.94. The summed E-state index contributed by atoms with van der Waals surface area (Å²) >= 11 is 0. The van der Waals surface area contributed by atoms with Crippen molar-refractivity contribution in [3.05, 3.63) is 41.7 Å². The van der Waals surface area contributed by atoms with Gasteiger partial charge in [-0.15, -0.1) is 5.10 Å². The molecule has 0 unspecified atom stereocenters. The Labute approximate surface area is 242 Å². The third kappa shape index (κ3) is 7.63. The van der Waals surface area contributed by atoms with E-state index in [1.807, 2.05) is 49.1 Å². The number of ether oxygens (including phenoxy) is 1. The zero-order valence-electron chi connectivity index (χ0n) is 24.6. The number of amides is 3. The Hall–Kier alpha value is -3.47. The Morgan fingerprint density at radius 3 is 2.44 bits per heavy atom. The number of carbonyl (C=O) groups excluding carboxylic acids is 2. The van der Waals surface area contributed by atoms with Crippen LogP contribution in [0.2, 0.25) is 0 Å². The van der Waals surface area contributed by atoms with Crippen LogP contribution in [0.1, 0.15) is 68.6 Å². The summed E-state index contributed by atoms with van der Waals surface area (Å²) in [5, 5.41) is 18.7. The maximum atomic E-state index is 14.3. The van der Waals surface area contributed by atoms with Gasteiger partial charge in [-0.25, -0.2) is 9.48 Å². The maximum Gasteiger partial charge on any atom is 0.407 e. The van der Waals surface area contributed by atoms with Gasteiger partial charge in [-0.3, -0.25) is 9.59 Å². The number of hydrogen-bond acceptors (Lipinski definition) is 6. The van der Waals surface area contributed by atoms with Crippen molar-refractivity contribution in [2.45, 2.75) is 64.8 Å². The largest absolute Gasteiger partial charge is 0.465 e. The van der Waals surface area contributed by atoms with Crippen molar-refractivity contribution in [3.8, 4) is 5.69 Å². The van der Waals surface area contributed by atoms with E-state index < -0.39 is 18.1 Å². The monoisotopic (exact) mass is 568 g/mol.